The van der Waals surface area contributed by atoms with Crippen molar-refractivity contribution in [2.45, 2.75) is 46.2 Å². The molecule has 0 unspecified atom stereocenters. The third kappa shape index (κ3) is 3.42. The lowest BCUT2D eigenvalue weighted by molar-refractivity contribution is 0.207. The molecule has 2 aromatic rings. The highest BCUT2D eigenvalue weighted by molar-refractivity contribution is 5.74. The van der Waals surface area contributed by atoms with Gasteiger partial charge in [-0.1, -0.05) is 0 Å². The maximum absolute atomic E-state index is 12.3. The highest BCUT2D eigenvalue weighted by Crippen LogP contribution is 2.22. The Labute approximate surface area is 141 Å². The highest BCUT2D eigenvalue weighted by atomic mass is 16.2. The molecule has 0 aromatic carbocycles. The van der Waals surface area contributed by atoms with Crippen LogP contribution in [0.4, 0.5) is 4.79 Å². The summed E-state index contributed by atoms with van der Waals surface area (Å²) in [7, 11) is 0. The van der Waals surface area contributed by atoms with Crippen LogP contribution in [0.2, 0.25) is 0 Å². The van der Waals surface area contributed by atoms with E-state index in [0.29, 0.717) is 19.5 Å². The maximum atomic E-state index is 12.3. The summed E-state index contributed by atoms with van der Waals surface area (Å²) < 4.78 is 4.03. The lowest BCUT2D eigenvalue weighted by Gasteiger charge is -2.18. The van der Waals surface area contributed by atoms with Crippen LogP contribution in [0.5, 0.6) is 0 Å². The fourth-order valence-electron chi connectivity index (χ4n) is 3.27. The molecule has 1 saturated heterocycles. The third-order valence-electron chi connectivity index (χ3n) is 4.50. The zero-order valence-corrected chi connectivity index (χ0v) is 14.6. The van der Waals surface area contributed by atoms with Crippen molar-refractivity contribution in [2.24, 2.45) is 0 Å². The van der Waals surface area contributed by atoms with Gasteiger partial charge in [-0.3, -0.25) is 4.68 Å². The third-order valence-corrected chi connectivity index (χ3v) is 4.50. The number of urea groups is 1. The summed E-state index contributed by atoms with van der Waals surface area (Å²) >= 11 is 0. The minimum absolute atomic E-state index is 0.0124. The summed E-state index contributed by atoms with van der Waals surface area (Å²) in [6.07, 6.45) is 3.35. The summed E-state index contributed by atoms with van der Waals surface area (Å²) in [5.41, 5.74) is 2.18. The van der Waals surface area contributed by atoms with Crippen LogP contribution >= 0.6 is 0 Å². The summed E-state index contributed by atoms with van der Waals surface area (Å²) in [4.78, 5) is 14.2. The molecule has 0 aliphatic carbocycles. The largest absolute Gasteiger partial charge is 0.338 e. The second-order valence-electron chi connectivity index (χ2n) is 6.28. The first-order valence-corrected chi connectivity index (χ1v) is 8.50. The summed E-state index contributed by atoms with van der Waals surface area (Å²) in [6.45, 7) is 8.99. The van der Waals surface area contributed by atoms with Gasteiger partial charge in [-0.2, -0.15) is 5.10 Å². The van der Waals surface area contributed by atoms with Gasteiger partial charge in [-0.25, -0.2) is 4.79 Å². The molecule has 1 aliphatic rings. The molecule has 3 heterocycles. The van der Waals surface area contributed by atoms with Gasteiger partial charge in [0.1, 0.15) is 12.2 Å². The second-order valence-corrected chi connectivity index (χ2v) is 6.28. The van der Waals surface area contributed by atoms with Gasteiger partial charge in [0.05, 0.1) is 11.7 Å². The molecular formula is C16H25N7O. The Balaban J connectivity index is 1.49. The van der Waals surface area contributed by atoms with Crippen molar-refractivity contribution in [1.82, 2.24) is 34.8 Å². The molecule has 0 bridgehead atoms. The van der Waals surface area contributed by atoms with Gasteiger partial charge in [0.25, 0.3) is 0 Å². The molecule has 8 heteroatoms. The van der Waals surface area contributed by atoms with Crippen LogP contribution < -0.4 is 5.32 Å². The molecule has 0 radical (unpaired) electrons. The maximum Gasteiger partial charge on any atom is 0.317 e. The number of hydrogen-bond acceptors (Lipinski definition) is 4. The monoisotopic (exact) mass is 331 g/mol. The molecule has 1 N–H and O–H groups in total. The normalized spacial score (nSPS) is 17.5. The molecule has 0 spiro atoms. The van der Waals surface area contributed by atoms with Gasteiger partial charge in [0.15, 0.2) is 0 Å². The number of carbonyl (C=O) groups excluding carboxylic acids is 1. The predicted molar refractivity (Wildman–Crippen MR) is 89.7 cm³/mol. The molecule has 130 valence electrons. The lowest BCUT2D eigenvalue weighted by Crippen LogP contribution is -2.39. The fraction of sp³-hybridized carbons (Fsp3) is 0.625. The van der Waals surface area contributed by atoms with Crippen LogP contribution in [0, 0.1) is 13.8 Å². The fourth-order valence-corrected chi connectivity index (χ4v) is 3.27. The van der Waals surface area contributed by atoms with Crippen molar-refractivity contribution in [3.63, 3.8) is 0 Å². The molecule has 2 amide bonds. The van der Waals surface area contributed by atoms with Crippen LogP contribution in [0.1, 0.15) is 36.6 Å². The Morgan fingerprint density at radius 3 is 2.96 bits per heavy atom. The number of rotatable bonds is 5. The first kappa shape index (κ1) is 16.5. The van der Waals surface area contributed by atoms with E-state index in [4.69, 9.17) is 0 Å². The quantitative estimate of drug-likeness (QED) is 0.896. The van der Waals surface area contributed by atoms with E-state index in [2.05, 4.69) is 40.5 Å². The number of hydrogen-bond donors (Lipinski definition) is 1. The first-order valence-electron chi connectivity index (χ1n) is 8.50. The Bertz CT molecular complexity index is 705. The lowest BCUT2D eigenvalue weighted by atomic mass is 10.2. The molecule has 24 heavy (non-hydrogen) atoms. The summed E-state index contributed by atoms with van der Waals surface area (Å²) in [5.74, 6) is 0.903. The average Bonchev–Trinajstić information content (AvgIpc) is 3.26. The van der Waals surface area contributed by atoms with Gasteiger partial charge >= 0.3 is 6.03 Å². The number of amides is 2. The standard InChI is InChI=1S/C16H25N7O/c1-4-21-11-18-19-15(21)5-7-17-16(24)22-8-6-14(10-22)23-13(3)9-12(2)20-23/h9,11,14H,4-8,10H2,1-3H3,(H,17,24)/t14-/m1/s1. The Hall–Kier alpha value is -2.38. The first-order chi connectivity index (χ1) is 11.6. The number of carbonyl (C=O) groups is 1. The van der Waals surface area contributed by atoms with Crippen molar-refractivity contribution < 1.29 is 4.79 Å². The minimum atomic E-state index is -0.0124. The van der Waals surface area contributed by atoms with Crippen molar-refractivity contribution >= 4 is 6.03 Å². The van der Waals surface area contributed by atoms with E-state index in [1.54, 1.807) is 6.33 Å². The molecular weight excluding hydrogens is 306 g/mol. The molecule has 2 aromatic heterocycles. The zero-order chi connectivity index (χ0) is 17.1. The summed E-state index contributed by atoms with van der Waals surface area (Å²) in [6, 6.07) is 2.33. The van der Waals surface area contributed by atoms with E-state index in [1.165, 1.54) is 0 Å². The number of nitrogens with one attached hydrogen (secondary N) is 1. The number of likely N-dealkylation sites (tertiary alicyclic amines) is 1. The van der Waals surface area contributed by atoms with E-state index < -0.39 is 0 Å². The van der Waals surface area contributed by atoms with Crippen LogP contribution in [-0.2, 0) is 13.0 Å². The average molecular weight is 331 g/mol. The van der Waals surface area contributed by atoms with Crippen LogP contribution in [0.25, 0.3) is 0 Å². The Morgan fingerprint density at radius 1 is 1.42 bits per heavy atom. The van der Waals surface area contributed by atoms with Gasteiger partial charge < -0.3 is 14.8 Å². The van der Waals surface area contributed by atoms with E-state index in [0.717, 1.165) is 36.7 Å². The Kier molecular flexibility index (Phi) is 4.82. The SMILES string of the molecule is CCn1cnnc1CCNC(=O)N1CC[C@@H](n2nc(C)cc2C)C1. The topological polar surface area (TPSA) is 80.9 Å². The second kappa shape index (κ2) is 7.02. The summed E-state index contributed by atoms with van der Waals surface area (Å²) in [5, 5.41) is 15.5. The van der Waals surface area contributed by atoms with Crippen molar-refractivity contribution in [3.05, 3.63) is 29.6 Å². The predicted octanol–water partition coefficient (Wildman–Crippen LogP) is 1.31. The van der Waals surface area contributed by atoms with Crippen LogP contribution in [0.15, 0.2) is 12.4 Å². The highest BCUT2D eigenvalue weighted by Gasteiger charge is 2.28. The smallest absolute Gasteiger partial charge is 0.317 e. The van der Waals surface area contributed by atoms with Gasteiger partial charge in [-0.15, -0.1) is 10.2 Å². The number of aromatic nitrogens is 5. The molecule has 3 rings (SSSR count). The minimum Gasteiger partial charge on any atom is -0.338 e. The van der Waals surface area contributed by atoms with E-state index >= 15 is 0 Å². The number of aryl methyl sites for hydroxylation is 3. The van der Waals surface area contributed by atoms with E-state index in [9.17, 15) is 4.79 Å². The van der Waals surface area contributed by atoms with Crippen molar-refractivity contribution in [1.29, 1.82) is 0 Å². The van der Waals surface area contributed by atoms with Gasteiger partial charge in [-0.05, 0) is 33.3 Å². The molecule has 1 atom stereocenters. The van der Waals surface area contributed by atoms with Gasteiger partial charge in [0.2, 0.25) is 0 Å². The van der Waals surface area contributed by atoms with Gasteiger partial charge in [0, 0.05) is 38.3 Å². The van der Waals surface area contributed by atoms with Crippen LogP contribution in [0.3, 0.4) is 0 Å². The van der Waals surface area contributed by atoms with Crippen molar-refractivity contribution in [2.75, 3.05) is 19.6 Å². The zero-order valence-electron chi connectivity index (χ0n) is 14.6. The molecule has 8 nitrogen and oxygen atoms in total. The molecule has 1 aliphatic heterocycles. The van der Waals surface area contributed by atoms with E-state index in [-0.39, 0.29) is 12.1 Å². The van der Waals surface area contributed by atoms with Crippen molar-refractivity contribution in [3.8, 4) is 0 Å². The number of nitrogens with zero attached hydrogens (tertiary/aromatic N) is 6. The van der Waals surface area contributed by atoms with Crippen LogP contribution in [-0.4, -0.2) is 55.1 Å². The molecule has 1 fully saturated rings. The molecule has 0 saturated carbocycles. The van der Waals surface area contributed by atoms with E-state index in [1.807, 2.05) is 21.1 Å². The Morgan fingerprint density at radius 2 is 2.25 bits per heavy atom.